The molecular formula is C22H24ClNO5. The lowest BCUT2D eigenvalue weighted by molar-refractivity contribution is -0.149. The molecule has 0 spiro atoms. The quantitative estimate of drug-likeness (QED) is 0.471. The van der Waals surface area contributed by atoms with Crippen molar-refractivity contribution in [3.8, 4) is 11.5 Å². The van der Waals surface area contributed by atoms with Gasteiger partial charge in [0.2, 0.25) is 0 Å². The first-order valence-corrected chi connectivity index (χ1v) is 9.45. The zero-order chi connectivity index (χ0) is 21.4. The van der Waals surface area contributed by atoms with Gasteiger partial charge in [-0.05, 0) is 49.8 Å². The second-order valence-corrected chi connectivity index (χ2v) is 6.48. The Hall–Kier alpha value is -2.99. The van der Waals surface area contributed by atoms with E-state index >= 15 is 0 Å². The molecular weight excluding hydrogens is 394 g/mol. The number of anilines is 1. The number of likely N-dealkylation sites (N-methyl/N-ethyl adjacent to an activating group) is 1. The molecule has 1 amide bonds. The largest absolute Gasteiger partial charge is 0.493 e. The van der Waals surface area contributed by atoms with Crippen LogP contribution in [-0.4, -0.2) is 38.7 Å². The van der Waals surface area contributed by atoms with Gasteiger partial charge in [-0.1, -0.05) is 29.8 Å². The van der Waals surface area contributed by atoms with E-state index in [0.29, 0.717) is 28.6 Å². The number of para-hydroxylation sites is 1. The number of nitrogens with zero attached hydrogens (tertiary/aromatic N) is 1. The van der Waals surface area contributed by atoms with Crippen LogP contribution in [0.2, 0.25) is 5.02 Å². The fourth-order valence-corrected chi connectivity index (χ4v) is 3.05. The van der Waals surface area contributed by atoms with E-state index in [1.165, 1.54) is 26.4 Å². The van der Waals surface area contributed by atoms with Crippen molar-refractivity contribution in [3.63, 3.8) is 0 Å². The van der Waals surface area contributed by atoms with Gasteiger partial charge in [0, 0.05) is 18.3 Å². The summed E-state index contributed by atoms with van der Waals surface area (Å²) in [4.78, 5) is 26.4. The maximum atomic E-state index is 12.7. The second-order valence-electron chi connectivity index (χ2n) is 6.07. The molecule has 6 nitrogen and oxygen atoms in total. The number of esters is 1. The number of carbonyl (C=O) groups is 2. The number of carbonyl (C=O) groups excluding carboxylic acids is 2. The molecule has 0 saturated heterocycles. The number of benzene rings is 2. The van der Waals surface area contributed by atoms with Gasteiger partial charge >= 0.3 is 5.97 Å². The summed E-state index contributed by atoms with van der Waals surface area (Å²) < 4.78 is 15.7. The van der Waals surface area contributed by atoms with Gasteiger partial charge < -0.3 is 19.1 Å². The van der Waals surface area contributed by atoms with Crippen molar-refractivity contribution < 1.29 is 23.8 Å². The maximum Gasteiger partial charge on any atom is 0.331 e. The average Bonchev–Trinajstić information content (AvgIpc) is 2.72. The zero-order valence-corrected chi connectivity index (χ0v) is 17.6. The molecule has 0 saturated carbocycles. The molecule has 1 unspecified atom stereocenters. The van der Waals surface area contributed by atoms with Gasteiger partial charge in [-0.15, -0.1) is 0 Å². The molecule has 2 aromatic carbocycles. The van der Waals surface area contributed by atoms with Crippen molar-refractivity contribution in [2.75, 3.05) is 25.7 Å². The van der Waals surface area contributed by atoms with Crippen molar-refractivity contribution >= 4 is 35.2 Å². The summed E-state index contributed by atoms with van der Waals surface area (Å²) in [5.74, 6) is -0.0813. The second kappa shape index (κ2) is 10.5. The highest BCUT2D eigenvalue weighted by Crippen LogP contribution is 2.36. The van der Waals surface area contributed by atoms with E-state index in [4.69, 9.17) is 25.8 Å². The summed E-state index contributed by atoms with van der Waals surface area (Å²) in [6.45, 7) is 3.87. The van der Waals surface area contributed by atoms with E-state index in [-0.39, 0.29) is 5.91 Å². The van der Waals surface area contributed by atoms with E-state index in [1.807, 2.05) is 37.3 Å². The predicted molar refractivity (Wildman–Crippen MR) is 114 cm³/mol. The minimum atomic E-state index is -0.929. The Kier molecular flexibility index (Phi) is 8.09. The summed E-state index contributed by atoms with van der Waals surface area (Å²) in [7, 11) is 2.99. The van der Waals surface area contributed by atoms with Gasteiger partial charge in [-0.2, -0.15) is 0 Å². The third-order valence-electron chi connectivity index (χ3n) is 4.16. The molecule has 0 aromatic heterocycles. The molecule has 2 rings (SSSR count). The molecule has 29 heavy (non-hydrogen) atoms. The Morgan fingerprint density at radius 2 is 1.83 bits per heavy atom. The molecule has 0 fully saturated rings. The van der Waals surface area contributed by atoms with Crippen LogP contribution >= 0.6 is 11.6 Å². The van der Waals surface area contributed by atoms with Crippen LogP contribution in [0, 0.1) is 0 Å². The number of hydrogen-bond donors (Lipinski definition) is 0. The van der Waals surface area contributed by atoms with Crippen molar-refractivity contribution in [2.45, 2.75) is 20.0 Å². The van der Waals surface area contributed by atoms with Crippen LogP contribution in [0.1, 0.15) is 19.4 Å². The number of rotatable bonds is 8. The Morgan fingerprint density at radius 3 is 2.41 bits per heavy atom. The predicted octanol–water partition coefficient (Wildman–Crippen LogP) is 4.36. The van der Waals surface area contributed by atoms with Gasteiger partial charge in [-0.3, -0.25) is 4.79 Å². The smallest absolute Gasteiger partial charge is 0.331 e. The summed E-state index contributed by atoms with van der Waals surface area (Å²) in [5.41, 5.74) is 1.38. The van der Waals surface area contributed by atoms with Crippen molar-refractivity contribution in [2.24, 2.45) is 0 Å². The highest BCUT2D eigenvalue weighted by atomic mass is 35.5. The van der Waals surface area contributed by atoms with Gasteiger partial charge in [0.15, 0.2) is 17.6 Å². The van der Waals surface area contributed by atoms with E-state index in [0.717, 1.165) is 5.69 Å². The molecule has 0 bridgehead atoms. The van der Waals surface area contributed by atoms with Crippen molar-refractivity contribution in [1.82, 2.24) is 0 Å². The van der Waals surface area contributed by atoms with Gasteiger partial charge in [0.05, 0.1) is 19.2 Å². The minimum Gasteiger partial charge on any atom is -0.493 e. The van der Waals surface area contributed by atoms with Crippen molar-refractivity contribution in [1.29, 1.82) is 0 Å². The van der Waals surface area contributed by atoms with Crippen LogP contribution in [0.3, 0.4) is 0 Å². The van der Waals surface area contributed by atoms with Crippen LogP contribution in [0.5, 0.6) is 11.5 Å². The number of amides is 1. The highest BCUT2D eigenvalue weighted by molar-refractivity contribution is 6.32. The third kappa shape index (κ3) is 5.74. The van der Waals surface area contributed by atoms with Crippen molar-refractivity contribution in [3.05, 3.63) is 59.1 Å². The van der Waals surface area contributed by atoms with Crippen LogP contribution in [0.15, 0.2) is 48.5 Å². The standard InChI is InChI=1S/C22H24ClNO5/c1-5-24(17-9-7-6-8-10-17)22(26)15(2)29-20(25)12-11-16-13-18(23)21(28-4)19(14-16)27-3/h6-15H,5H2,1-4H3. The number of hydrogen-bond acceptors (Lipinski definition) is 5. The van der Waals surface area contributed by atoms with E-state index in [1.54, 1.807) is 24.0 Å². The van der Waals surface area contributed by atoms with Crippen LogP contribution in [0.25, 0.3) is 6.08 Å². The summed E-state index contributed by atoms with van der Waals surface area (Å²) in [5, 5.41) is 0.352. The van der Waals surface area contributed by atoms with E-state index in [2.05, 4.69) is 0 Å². The van der Waals surface area contributed by atoms with E-state index in [9.17, 15) is 9.59 Å². The molecule has 2 aromatic rings. The lowest BCUT2D eigenvalue weighted by atomic mass is 10.2. The van der Waals surface area contributed by atoms with Gasteiger partial charge in [-0.25, -0.2) is 4.79 Å². The first-order chi connectivity index (χ1) is 13.9. The molecule has 0 heterocycles. The molecule has 0 N–H and O–H groups in total. The number of halogens is 1. The maximum absolute atomic E-state index is 12.7. The Labute approximate surface area is 175 Å². The molecule has 1 atom stereocenters. The Bertz CT molecular complexity index is 882. The molecule has 154 valence electrons. The summed E-state index contributed by atoms with van der Waals surface area (Å²) >= 11 is 6.16. The molecule has 0 aliphatic rings. The normalized spacial score (nSPS) is 11.8. The topological polar surface area (TPSA) is 65.1 Å². The minimum absolute atomic E-state index is 0.297. The first-order valence-electron chi connectivity index (χ1n) is 9.07. The van der Waals surface area contributed by atoms with Crippen LogP contribution in [-0.2, 0) is 14.3 Å². The fraction of sp³-hybridized carbons (Fsp3) is 0.273. The molecule has 0 aliphatic heterocycles. The van der Waals surface area contributed by atoms with Gasteiger partial charge in [0.1, 0.15) is 0 Å². The summed E-state index contributed by atoms with van der Waals surface area (Å²) in [6, 6.07) is 12.5. The lowest BCUT2D eigenvalue weighted by Gasteiger charge is -2.24. The molecule has 7 heteroatoms. The summed E-state index contributed by atoms with van der Waals surface area (Å²) in [6.07, 6.45) is 1.84. The van der Waals surface area contributed by atoms with Gasteiger partial charge in [0.25, 0.3) is 5.91 Å². The fourth-order valence-electron chi connectivity index (χ4n) is 2.76. The van der Waals surface area contributed by atoms with Crippen LogP contribution in [0.4, 0.5) is 5.69 Å². The first kappa shape index (κ1) is 22.3. The zero-order valence-electron chi connectivity index (χ0n) is 16.8. The number of methoxy groups -OCH3 is 2. The monoisotopic (exact) mass is 417 g/mol. The molecule has 0 aliphatic carbocycles. The SMILES string of the molecule is CCN(C(=O)C(C)OC(=O)C=Cc1cc(Cl)c(OC)c(OC)c1)c1ccccc1. The lowest BCUT2D eigenvalue weighted by Crippen LogP contribution is -2.39. The number of ether oxygens (including phenoxy) is 3. The average molecular weight is 418 g/mol. The van der Waals surface area contributed by atoms with E-state index < -0.39 is 12.1 Å². The van der Waals surface area contributed by atoms with Crippen LogP contribution < -0.4 is 14.4 Å². The third-order valence-corrected chi connectivity index (χ3v) is 4.44. The molecule has 0 radical (unpaired) electrons. The highest BCUT2D eigenvalue weighted by Gasteiger charge is 2.23. The Morgan fingerprint density at radius 1 is 1.14 bits per heavy atom. The Balaban J connectivity index is 2.06.